The van der Waals surface area contributed by atoms with E-state index < -0.39 is 187 Å². The summed E-state index contributed by atoms with van der Waals surface area (Å²) >= 11 is 0. The van der Waals surface area contributed by atoms with Gasteiger partial charge in [0.15, 0.2) is 25.0 Å². The first-order valence-electron chi connectivity index (χ1n) is 28.0. The molecule has 0 aromatic carbocycles. The Labute approximate surface area is 490 Å². The van der Waals surface area contributed by atoms with Crippen LogP contribution in [0.25, 0.3) is 0 Å². The zero-order chi connectivity index (χ0) is 58.4. The normalized spacial score (nSPS) is 48.0. The molecule has 0 aromatic heterocycles. The van der Waals surface area contributed by atoms with Crippen LogP contribution >= 0.6 is 0 Å². The molecular weight excluding hydrogens is 1060 g/mol. The first kappa shape index (κ1) is 65.5. The molecule has 448 valence electrons. The van der Waals surface area contributed by atoms with Crippen molar-refractivity contribution in [3.63, 3.8) is 0 Å². The van der Waals surface area contributed by atoms with Crippen LogP contribution in [0.15, 0.2) is 34.9 Å². The molecule has 3 heterocycles. The summed E-state index contributed by atoms with van der Waals surface area (Å²) in [6.45, 7) is 19.3. The Kier molecular flexibility index (Phi) is 19.7. The number of rotatable bonds is 14. The Hall–Kier alpha value is -2.01. The second-order valence-corrected chi connectivity index (χ2v) is 26.0. The van der Waals surface area contributed by atoms with Crippen LogP contribution in [0, 0.1) is 50.2 Å². The third kappa shape index (κ3) is 10.6. The summed E-state index contributed by atoms with van der Waals surface area (Å²) in [6, 6.07) is 0. The third-order valence-corrected chi connectivity index (χ3v) is 21.2. The van der Waals surface area contributed by atoms with Gasteiger partial charge in [-0.15, -0.1) is 0 Å². The maximum Gasteiger partial charge on any atom is 1.00 e. The van der Waals surface area contributed by atoms with E-state index in [1.807, 2.05) is 27.7 Å². The quantitative estimate of drug-likeness (QED) is 0.0272. The Bertz CT molecular complexity index is 2360. The predicted octanol–water partition coefficient (Wildman–Crippen LogP) is -3.04. The third-order valence-electron chi connectivity index (χ3n) is 21.2. The van der Waals surface area contributed by atoms with Crippen molar-refractivity contribution in [1.82, 2.24) is 0 Å². The molecule has 0 amide bonds. The van der Waals surface area contributed by atoms with Gasteiger partial charge in [0, 0.05) is 16.6 Å². The number of carbonyl (C=O) groups excluding carboxylic acids is 3. The van der Waals surface area contributed by atoms with Gasteiger partial charge in [-0.1, -0.05) is 72.3 Å². The molecule has 8 unspecified atom stereocenters. The monoisotopic (exact) mass is 1150 g/mol. The SMILES string of the molecule is C/C=C(/C)C(=O)O[C@H]1[C@H](OC(=O)/C(C)=C\C)[C@@]2(CO)C(CC1(C)C)C1=CCC3[C@@]4(C)CC[C@H](O[C@@H]5OC(C(=O)[O-])[C@H](O)[C@H](O[C@@H]6O[C@H](CO)C(O)[C@@H]6O)C5O[C@@H]5OC(CO)[C@H](O)[C@H](O)C5O)C(C)(C)C4CC[C@@]3(C)[C@]1(C)C[C@H]2O.[Na+]. The van der Waals surface area contributed by atoms with Crippen molar-refractivity contribution in [3.05, 3.63) is 34.9 Å². The largest absolute Gasteiger partial charge is 1.00 e. The summed E-state index contributed by atoms with van der Waals surface area (Å²) in [5.74, 6) is -3.68. The molecule has 25 atom stereocenters. The number of allylic oxidation sites excluding steroid dienone is 4. The van der Waals surface area contributed by atoms with Gasteiger partial charge in [-0.05, 0) is 112 Å². The van der Waals surface area contributed by atoms with E-state index in [9.17, 15) is 70.6 Å². The summed E-state index contributed by atoms with van der Waals surface area (Å²) in [6.07, 6.45) is -20.7. The first-order chi connectivity index (χ1) is 36.9. The molecule has 0 aromatic rings. The number of aliphatic carboxylic acids is 1. The van der Waals surface area contributed by atoms with Crippen molar-refractivity contribution in [3.8, 4) is 0 Å². The number of ether oxygens (including phenoxy) is 8. The number of carboxylic acids is 1. The zero-order valence-corrected chi connectivity index (χ0v) is 50.3. The van der Waals surface area contributed by atoms with Gasteiger partial charge in [0.05, 0.1) is 43.4 Å². The van der Waals surface area contributed by atoms with Gasteiger partial charge in [0.25, 0.3) is 0 Å². The van der Waals surface area contributed by atoms with E-state index >= 15 is 0 Å². The van der Waals surface area contributed by atoms with Gasteiger partial charge in [-0.25, -0.2) is 9.59 Å². The minimum absolute atomic E-state index is 0. The summed E-state index contributed by atoms with van der Waals surface area (Å²) in [7, 11) is 0. The number of aliphatic hydroxyl groups is 10. The summed E-state index contributed by atoms with van der Waals surface area (Å²) in [4.78, 5) is 40.2. The zero-order valence-electron chi connectivity index (χ0n) is 48.3. The van der Waals surface area contributed by atoms with E-state index in [1.165, 1.54) is 0 Å². The van der Waals surface area contributed by atoms with E-state index in [1.54, 1.807) is 39.8 Å². The smallest absolute Gasteiger partial charge is 0.547 e. The van der Waals surface area contributed by atoms with Crippen molar-refractivity contribution in [1.29, 1.82) is 0 Å². The minimum atomic E-state index is -2.17. The molecule has 23 heteroatoms. The summed E-state index contributed by atoms with van der Waals surface area (Å²) in [5, 5.41) is 123. The van der Waals surface area contributed by atoms with Gasteiger partial charge in [-0.3, -0.25) is 0 Å². The molecule has 8 aliphatic rings. The molecule has 5 aliphatic carbocycles. The Morgan fingerprint density at radius 2 is 1.20 bits per heavy atom. The summed E-state index contributed by atoms with van der Waals surface area (Å²) in [5.41, 5.74) is -2.76. The standard InChI is InChI=1S/C57H88O22.Na/c1-12-25(3)47(70)78-44-45(79-48(71)26(4)13-2)57(24-60)28(20-52(44,5)6)27-14-15-32-54(9)18-17-34(53(7,8)31(54)16-19-55(32,10)56(27,11)21-33(57)61)74-51-43(77-50-39(66)37(64)35(62)29(22-58)72-50)41(40(67)42(76-51)46(68)69)75-49-38(65)36(63)30(23-59)73-49;/h12-14,28-45,49-51,58-67H,15-24H2,1-11H3,(H,68,69);/q;+1/p-1/b25-12-,26-13-;/t28?,29?,30-,31?,32?,33-,34+,35+,36?,37+,38+,39?,40-,41+,42?,43?,44+,45+,49+,50+,51-,54+,55-,56-,57+;/m1./s1. The molecule has 7 fully saturated rings. The van der Waals surface area contributed by atoms with Crippen LogP contribution < -0.4 is 34.7 Å². The molecule has 10 N–H and O–H groups in total. The topological polar surface area (TPSA) is 350 Å². The molecule has 8 rings (SSSR count). The second kappa shape index (κ2) is 24.0. The van der Waals surface area contributed by atoms with Crippen molar-refractivity contribution in [2.75, 3.05) is 19.8 Å². The molecule has 80 heavy (non-hydrogen) atoms. The van der Waals surface area contributed by atoms with E-state index in [2.05, 4.69) is 26.8 Å². The molecule has 4 saturated carbocycles. The van der Waals surface area contributed by atoms with E-state index in [0.717, 1.165) is 5.57 Å². The average Bonchev–Trinajstić information content (AvgIpc) is 3.04. The van der Waals surface area contributed by atoms with Crippen molar-refractivity contribution in [2.45, 2.75) is 232 Å². The van der Waals surface area contributed by atoms with Crippen molar-refractivity contribution >= 4 is 17.9 Å². The molecule has 0 bridgehead atoms. The van der Waals surface area contributed by atoms with E-state index in [4.69, 9.17) is 37.9 Å². The number of esters is 2. The van der Waals surface area contributed by atoms with Crippen LogP contribution in [0.1, 0.15) is 121 Å². The number of fused-ring (bicyclic) bond motifs is 7. The average molecular weight is 1150 g/mol. The van der Waals surface area contributed by atoms with Crippen molar-refractivity contribution < 1.29 is 138 Å². The van der Waals surface area contributed by atoms with Crippen LogP contribution in [0.3, 0.4) is 0 Å². The molecule has 22 nitrogen and oxygen atoms in total. The Morgan fingerprint density at radius 3 is 1.74 bits per heavy atom. The van der Waals surface area contributed by atoms with Crippen LogP contribution in [-0.4, -0.2) is 199 Å². The second-order valence-electron chi connectivity index (χ2n) is 26.0. The number of carbonyl (C=O) groups is 3. The van der Waals surface area contributed by atoms with E-state index in [-0.39, 0.29) is 47.8 Å². The fraction of sp³-hybridized carbons (Fsp3) is 0.842. The first-order valence-corrected chi connectivity index (χ1v) is 28.0. The molecular formula is C57H87NaO22. The molecule has 0 radical (unpaired) electrons. The fourth-order valence-electron chi connectivity index (χ4n) is 16.2. The number of carboxylic acid groups (broad SMARTS) is 1. The predicted molar refractivity (Wildman–Crippen MR) is 273 cm³/mol. The maximum atomic E-state index is 13.8. The van der Waals surface area contributed by atoms with Gasteiger partial charge < -0.3 is 98.9 Å². The van der Waals surface area contributed by atoms with Gasteiger partial charge in [0.1, 0.15) is 73.2 Å². The van der Waals surface area contributed by atoms with Crippen LogP contribution in [0.4, 0.5) is 0 Å². The number of hydrogen-bond acceptors (Lipinski definition) is 22. The molecule has 3 aliphatic heterocycles. The van der Waals surface area contributed by atoms with Gasteiger partial charge >= 0.3 is 41.5 Å². The van der Waals surface area contributed by atoms with Crippen LogP contribution in [0.5, 0.6) is 0 Å². The van der Waals surface area contributed by atoms with Gasteiger partial charge in [-0.2, -0.15) is 0 Å². The van der Waals surface area contributed by atoms with Crippen molar-refractivity contribution in [2.24, 2.45) is 50.2 Å². The fourth-order valence-corrected chi connectivity index (χ4v) is 16.2. The summed E-state index contributed by atoms with van der Waals surface area (Å²) < 4.78 is 49.0. The van der Waals surface area contributed by atoms with E-state index in [0.29, 0.717) is 49.7 Å². The van der Waals surface area contributed by atoms with Crippen LogP contribution in [0.2, 0.25) is 0 Å². The van der Waals surface area contributed by atoms with Gasteiger partial charge in [0.2, 0.25) is 0 Å². The minimum Gasteiger partial charge on any atom is -0.547 e. The number of aliphatic hydroxyl groups excluding tert-OH is 10. The number of hydrogen-bond donors (Lipinski definition) is 10. The Balaban J connectivity index is 0.00000924. The molecule has 3 saturated heterocycles. The Morgan fingerprint density at radius 1 is 0.662 bits per heavy atom. The molecule has 0 spiro atoms. The maximum absolute atomic E-state index is 13.8. The van der Waals surface area contributed by atoms with Crippen LogP contribution in [-0.2, 0) is 52.3 Å².